The number of fused-ring (bicyclic) bond motifs is 1. The first-order chi connectivity index (χ1) is 14.2. The van der Waals surface area contributed by atoms with Crippen molar-refractivity contribution in [2.24, 2.45) is 0 Å². The molecule has 0 atom stereocenters. The predicted octanol–water partition coefficient (Wildman–Crippen LogP) is 5.07. The molecule has 0 unspecified atom stereocenters. The number of aromatic nitrogens is 5. The van der Waals surface area contributed by atoms with Gasteiger partial charge < -0.3 is 19.4 Å². The van der Waals surface area contributed by atoms with Crippen LogP contribution >= 0.6 is 0 Å². The first-order valence-electron chi connectivity index (χ1n) is 8.79. The van der Waals surface area contributed by atoms with E-state index in [1.165, 1.54) is 12.1 Å². The van der Waals surface area contributed by atoms with Crippen LogP contribution in [0, 0.1) is 5.82 Å². The molecule has 0 fully saturated rings. The summed E-state index contributed by atoms with van der Waals surface area (Å²) in [6, 6.07) is 12.9. The van der Waals surface area contributed by atoms with Crippen molar-refractivity contribution in [1.82, 2.24) is 24.9 Å². The van der Waals surface area contributed by atoms with E-state index in [9.17, 15) is 4.39 Å². The number of halogens is 1. The Morgan fingerprint density at radius 3 is 2.52 bits per heavy atom. The number of hydrogen-bond donors (Lipinski definition) is 2. The quantitative estimate of drug-likeness (QED) is 0.439. The minimum absolute atomic E-state index is 0.337. The summed E-state index contributed by atoms with van der Waals surface area (Å²) in [7, 11) is 0. The third-order valence-electron chi connectivity index (χ3n) is 4.16. The monoisotopic (exact) mass is 387 g/mol. The standard InChI is InChI=1S/C21H14FN5O2/c22-13-3-5-14(6-4-13)29-18-11-16(28-15-2-1-7-23-12-15)10-17-19(18)27-21(26-17)20-24-8-9-25-20/h1-12H,(H,24,25)(H,26,27). The minimum Gasteiger partial charge on any atom is -0.456 e. The van der Waals surface area contributed by atoms with Crippen LogP contribution in [0.25, 0.3) is 22.7 Å². The van der Waals surface area contributed by atoms with E-state index in [0.29, 0.717) is 45.7 Å². The molecule has 0 aliphatic heterocycles. The van der Waals surface area contributed by atoms with Gasteiger partial charge in [0.2, 0.25) is 0 Å². The van der Waals surface area contributed by atoms with E-state index in [0.717, 1.165) is 0 Å². The van der Waals surface area contributed by atoms with E-state index in [2.05, 4.69) is 24.9 Å². The Hall–Kier alpha value is -4.20. The molecule has 142 valence electrons. The summed E-state index contributed by atoms with van der Waals surface area (Å²) in [6.45, 7) is 0. The highest BCUT2D eigenvalue weighted by Crippen LogP contribution is 2.36. The second-order valence-corrected chi connectivity index (χ2v) is 6.19. The van der Waals surface area contributed by atoms with E-state index in [1.54, 1.807) is 55.1 Å². The Labute approximate surface area is 164 Å². The topological polar surface area (TPSA) is 88.7 Å². The van der Waals surface area contributed by atoms with Gasteiger partial charge in [-0.1, -0.05) is 0 Å². The zero-order chi connectivity index (χ0) is 19.6. The second-order valence-electron chi connectivity index (χ2n) is 6.19. The van der Waals surface area contributed by atoms with Crippen LogP contribution < -0.4 is 9.47 Å². The summed E-state index contributed by atoms with van der Waals surface area (Å²) >= 11 is 0. The van der Waals surface area contributed by atoms with Crippen molar-refractivity contribution in [2.75, 3.05) is 0 Å². The van der Waals surface area contributed by atoms with Crippen LogP contribution in [0.4, 0.5) is 4.39 Å². The van der Waals surface area contributed by atoms with Crippen LogP contribution in [0.1, 0.15) is 0 Å². The van der Waals surface area contributed by atoms with Crippen molar-refractivity contribution in [2.45, 2.75) is 0 Å². The zero-order valence-electron chi connectivity index (χ0n) is 15.0. The van der Waals surface area contributed by atoms with Crippen molar-refractivity contribution in [3.05, 3.63) is 79.1 Å². The molecular formula is C21H14FN5O2. The van der Waals surface area contributed by atoms with Crippen molar-refractivity contribution >= 4 is 11.0 Å². The van der Waals surface area contributed by atoms with Crippen LogP contribution in [-0.2, 0) is 0 Å². The lowest BCUT2D eigenvalue weighted by molar-refractivity contribution is 0.462. The number of nitrogens with zero attached hydrogens (tertiary/aromatic N) is 3. The lowest BCUT2D eigenvalue weighted by atomic mass is 10.2. The molecule has 0 amide bonds. The van der Waals surface area contributed by atoms with Gasteiger partial charge in [0, 0.05) is 30.7 Å². The van der Waals surface area contributed by atoms with Gasteiger partial charge in [0.25, 0.3) is 0 Å². The molecule has 5 aromatic rings. The normalized spacial score (nSPS) is 10.9. The average molecular weight is 387 g/mol. The number of aromatic amines is 2. The first-order valence-corrected chi connectivity index (χ1v) is 8.79. The average Bonchev–Trinajstić information content (AvgIpc) is 3.40. The molecule has 2 N–H and O–H groups in total. The molecule has 0 aliphatic carbocycles. The van der Waals surface area contributed by atoms with Gasteiger partial charge in [-0.15, -0.1) is 0 Å². The van der Waals surface area contributed by atoms with Gasteiger partial charge >= 0.3 is 0 Å². The van der Waals surface area contributed by atoms with Gasteiger partial charge in [-0.05, 0) is 36.4 Å². The number of imidazole rings is 2. The Bertz CT molecular complexity index is 1250. The maximum atomic E-state index is 13.2. The Morgan fingerprint density at radius 2 is 1.76 bits per heavy atom. The Kier molecular flexibility index (Phi) is 4.14. The number of hydrogen-bond acceptors (Lipinski definition) is 5. The fraction of sp³-hybridized carbons (Fsp3) is 0. The number of nitrogens with one attached hydrogen (secondary N) is 2. The van der Waals surface area contributed by atoms with E-state index >= 15 is 0 Å². The molecule has 5 rings (SSSR count). The molecule has 0 bridgehead atoms. The van der Waals surface area contributed by atoms with Crippen LogP contribution in [0.2, 0.25) is 0 Å². The fourth-order valence-corrected chi connectivity index (χ4v) is 2.88. The van der Waals surface area contributed by atoms with Gasteiger partial charge in [0.05, 0.1) is 11.7 Å². The highest BCUT2D eigenvalue weighted by Gasteiger charge is 2.15. The maximum Gasteiger partial charge on any atom is 0.174 e. The predicted molar refractivity (Wildman–Crippen MR) is 104 cm³/mol. The summed E-state index contributed by atoms with van der Waals surface area (Å²) in [4.78, 5) is 19.1. The van der Waals surface area contributed by atoms with Gasteiger partial charge in [-0.2, -0.15) is 0 Å². The van der Waals surface area contributed by atoms with E-state index < -0.39 is 0 Å². The van der Waals surface area contributed by atoms with Crippen LogP contribution in [0.5, 0.6) is 23.0 Å². The van der Waals surface area contributed by atoms with E-state index in [1.807, 2.05) is 6.07 Å². The number of H-pyrrole nitrogens is 2. The largest absolute Gasteiger partial charge is 0.456 e. The molecule has 0 radical (unpaired) electrons. The van der Waals surface area contributed by atoms with Crippen molar-refractivity contribution in [3.8, 4) is 34.6 Å². The molecule has 0 saturated carbocycles. The summed E-state index contributed by atoms with van der Waals surface area (Å²) in [5.74, 6) is 2.89. The Balaban J connectivity index is 1.59. The van der Waals surface area contributed by atoms with Gasteiger partial charge in [0.1, 0.15) is 28.6 Å². The smallest absolute Gasteiger partial charge is 0.174 e. The van der Waals surface area contributed by atoms with Crippen molar-refractivity contribution in [3.63, 3.8) is 0 Å². The number of benzene rings is 2. The third-order valence-corrected chi connectivity index (χ3v) is 4.16. The van der Waals surface area contributed by atoms with Crippen LogP contribution in [-0.4, -0.2) is 24.9 Å². The third kappa shape index (κ3) is 3.51. The van der Waals surface area contributed by atoms with Gasteiger partial charge in [0.15, 0.2) is 17.4 Å². The number of rotatable bonds is 5. The minimum atomic E-state index is -0.337. The Morgan fingerprint density at radius 1 is 0.862 bits per heavy atom. The van der Waals surface area contributed by atoms with Crippen molar-refractivity contribution in [1.29, 1.82) is 0 Å². The molecule has 0 saturated heterocycles. The van der Waals surface area contributed by atoms with Crippen LogP contribution in [0.3, 0.4) is 0 Å². The van der Waals surface area contributed by atoms with E-state index in [-0.39, 0.29) is 5.82 Å². The SMILES string of the molecule is Fc1ccc(Oc2cc(Oc3cccnc3)cc3[nH]c(-c4ncc[nH]4)nc23)cc1. The molecule has 3 aromatic heterocycles. The van der Waals surface area contributed by atoms with Crippen molar-refractivity contribution < 1.29 is 13.9 Å². The summed E-state index contributed by atoms with van der Waals surface area (Å²) in [5.41, 5.74) is 1.30. The highest BCUT2D eigenvalue weighted by atomic mass is 19.1. The van der Waals surface area contributed by atoms with Gasteiger partial charge in [-0.3, -0.25) is 4.98 Å². The highest BCUT2D eigenvalue weighted by molar-refractivity contribution is 5.86. The summed E-state index contributed by atoms with van der Waals surface area (Å²) < 4.78 is 25.1. The molecule has 7 nitrogen and oxygen atoms in total. The fourth-order valence-electron chi connectivity index (χ4n) is 2.88. The second kappa shape index (κ2) is 7.08. The summed E-state index contributed by atoms with van der Waals surface area (Å²) in [5, 5.41) is 0. The van der Waals surface area contributed by atoms with E-state index in [4.69, 9.17) is 9.47 Å². The first kappa shape index (κ1) is 16.9. The molecular weight excluding hydrogens is 373 g/mol. The molecule has 3 heterocycles. The maximum absolute atomic E-state index is 13.2. The lowest BCUT2D eigenvalue weighted by Gasteiger charge is -2.10. The van der Waals surface area contributed by atoms with Gasteiger partial charge in [-0.25, -0.2) is 14.4 Å². The lowest BCUT2D eigenvalue weighted by Crippen LogP contribution is -1.90. The molecule has 29 heavy (non-hydrogen) atoms. The zero-order valence-corrected chi connectivity index (χ0v) is 15.0. The number of pyridine rings is 1. The molecule has 0 spiro atoms. The van der Waals surface area contributed by atoms with Crippen LogP contribution in [0.15, 0.2) is 73.3 Å². The molecule has 2 aromatic carbocycles. The molecule has 8 heteroatoms. The molecule has 0 aliphatic rings. The number of ether oxygens (including phenoxy) is 2. The summed E-state index contributed by atoms with van der Waals surface area (Å²) in [6.07, 6.45) is 6.65.